The van der Waals surface area contributed by atoms with Crippen molar-refractivity contribution in [3.63, 3.8) is 0 Å². The summed E-state index contributed by atoms with van der Waals surface area (Å²) >= 11 is 12.1. The Kier molecular flexibility index (Phi) is 5.88. The summed E-state index contributed by atoms with van der Waals surface area (Å²) in [6.45, 7) is 0.733. The quantitative estimate of drug-likeness (QED) is 0.581. The van der Waals surface area contributed by atoms with Gasteiger partial charge in [-0.2, -0.15) is 5.10 Å². The summed E-state index contributed by atoms with van der Waals surface area (Å²) in [4.78, 5) is 19.3. The van der Waals surface area contributed by atoms with Gasteiger partial charge in [-0.05, 0) is 54.7 Å². The van der Waals surface area contributed by atoms with Crippen LogP contribution >= 0.6 is 23.2 Å². The first-order chi connectivity index (χ1) is 14.0. The standard InChI is InChI=1S/C22H22Cl2N4O/c1-27-14-17(16-7-9-25-10-8-16)22(26-27)20-4-2-3-11-28(20)21(29)13-15-5-6-18(23)19(24)12-15/h5-10,12,14,20H,2-4,11,13H2,1H3. The van der Waals surface area contributed by atoms with Gasteiger partial charge in [-0.1, -0.05) is 29.3 Å². The fourth-order valence-electron chi connectivity index (χ4n) is 3.95. The van der Waals surface area contributed by atoms with Crippen LogP contribution in [0, 0.1) is 0 Å². The Balaban J connectivity index is 1.63. The molecule has 0 bridgehead atoms. The van der Waals surface area contributed by atoms with Crippen molar-refractivity contribution in [1.82, 2.24) is 19.7 Å². The molecule has 3 heterocycles. The van der Waals surface area contributed by atoms with E-state index >= 15 is 0 Å². The highest BCUT2D eigenvalue weighted by Gasteiger charge is 2.31. The molecule has 0 radical (unpaired) electrons. The van der Waals surface area contributed by atoms with Gasteiger partial charge in [-0.3, -0.25) is 14.5 Å². The molecule has 2 aromatic heterocycles. The van der Waals surface area contributed by atoms with Gasteiger partial charge in [0, 0.05) is 37.7 Å². The van der Waals surface area contributed by atoms with Crippen molar-refractivity contribution >= 4 is 29.1 Å². The van der Waals surface area contributed by atoms with E-state index in [1.54, 1.807) is 24.5 Å². The molecule has 1 aromatic carbocycles. The van der Waals surface area contributed by atoms with Crippen LogP contribution in [0.1, 0.15) is 36.6 Å². The Hall–Kier alpha value is -2.37. The minimum absolute atomic E-state index is 0.0385. The molecule has 150 valence electrons. The minimum Gasteiger partial charge on any atom is -0.334 e. The number of hydrogen-bond donors (Lipinski definition) is 0. The molecule has 1 atom stereocenters. The molecule has 1 fully saturated rings. The highest BCUT2D eigenvalue weighted by atomic mass is 35.5. The number of aryl methyl sites for hydroxylation is 1. The van der Waals surface area contributed by atoms with E-state index in [9.17, 15) is 4.79 Å². The van der Waals surface area contributed by atoms with Crippen molar-refractivity contribution in [3.05, 3.63) is 70.2 Å². The van der Waals surface area contributed by atoms with E-state index in [2.05, 4.69) is 4.98 Å². The topological polar surface area (TPSA) is 51.0 Å². The molecule has 1 amide bonds. The van der Waals surface area contributed by atoms with E-state index in [1.807, 2.05) is 41.0 Å². The van der Waals surface area contributed by atoms with Crippen LogP contribution in [0.5, 0.6) is 0 Å². The van der Waals surface area contributed by atoms with Gasteiger partial charge in [0.25, 0.3) is 0 Å². The number of amides is 1. The van der Waals surface area contributed by atoms with Crippen LogP contribution in [0.3, 0.4) is 0 Å². The van der Waals surface area contributed by atoms with Crippen molar-refractivity contribution < 1.29 is 4.79 Å². The van der Waals surface area contributed by atoms with E-state index in [1.165, 1.54) is 0 Å². The van der Waals surface area contributed by atoms with Crippen molar-refractivity contribution in [2.45, 2.75) is 31.7 Å². The molecule has 0 spiro atoms. The van der Waals surface area contributed by atoms with Crippen LogP contribution in [-0.4, -0.2) is 32.1 Å². The average Bonchev–Trinajstić information content (AvgIpc) is 3.13. The van der Waals surface area contributed by atoms with Gasteiger partial charge >= 0.3 is 0 Å². The number of aromatic nitrogens is 3. The number of piperidine rings is 1. The van der Waals surface area contributed by atoms with Crippen molar-refractivity contribution in [1.29, 1.82) is 0 Å². The first kappa shape index (κ1) is 19.9. The third-order valence-electron chi connectivity index (χ3n) is 5.33. The third-order valence-corrected chi connectivity index (χ3v) is 6.07. The number of carbonyl (C=O) groups is 1. The molecule has 1 saturated heterocycles. The normalized spacial score (nSPS) is 16.8. The van der Waals surface area contributed by atoms with Gasteiger partial charge in [0.15, 0.2) is 0 Å². The Labute approximate surface area is 180 Å². The lowest BCUT2D eigenvalue weighted by Gasteiger charge is -2.35. The number of benzene rings is 1. The van der Waals surface area contributed by atoms with Gasteiger partial charge in [0.05, 0.1) is 28.2 Å². The largest absolute Gasteiger partial charge is 0.334 e. The zero-order valence-electron chi connectivity index (χ0n) is 16.2. The predicted molar refractivity (Wildman–Crippen MR) is 115 cm³/mol. The second-order valence-corrected chi connectivity index (χ2v) is 8.18. The van der Waals surface area contributed by atoms with E-state index in [4.69, 9.17) is 28.3 Å². The summed E-state index contributed by atoms with van der Waals surface area (Å²) in [5.41, 5.74) is 3.92. The van der Waals surface area contributed by atoms with Gasteiger partial charge in [0.1, 0.15) is 0 Å². The number of halogens is 2. The maximum Gasteiger partial charge on any atom is 0.227 e. The number of rotatable bonds is 4. The molecule has 1 aliphatic heterocycles. The molecule has 1 aliphatic rings. The number of nitrogens with zero attached hydrogens (tertiary/aromatic N) is 4. The molecule has 29 heavy (non-hydrogen) atoms. The average molecular weight is 429 g/mol. The highest BCUT2D eigenvalue weighted by Crippen LogP contribution is 2.36. The van der Waals surface area contributed by atoms with Crippen LogP contribution in [-0.2, 0) is 18.3 Å². The van der Waals surface area contributed by atoms with Crippen LogP contribution in [0.2, 0.25) is 10.0 Å². The lowest BCUT2D eigenvalue weighted by atomic mass is 9.94. The predicted octanol–water partition coefficient (Wildman–Crippen LogP) is 5.09. The van der Waals surface area contributed by atoms with Gasteiger partial charge in [-0.15, -0.1) is 0 Å². The first-order valence-corrected chi connectivity index (χ1v) is 10.5. The number of carbonyl (C=O) groups excluding carboxylic acids is 1. The summed E-state index contributed by atoms with van der Waals surface area (Å²) < 4.78 is 1.82. The molecule has 0 saturated carbocycles. The number of pyridine rings is 1. The molecule has 7 heteroatoms. The van der Waals surface area contributed by atoms with Crippen LogP contribution in [0.25, 0.3) is 11.1 Å². The SMILES string of the molecule is Cn1cc(-c2ccncc2)c(C2CCCCN2C(=O)Cc2ccc(Cl)c(Cl)c2)n1. The van der Waals surface area contributed by atoms with Crippen molar-refractivity contribution in [2.24, 2.45) is 7.05 Å². The monoisotopic (exact) mass is 428 g/mol. The van der Waals surface area contributed by atoms with Crippen LogP contribution < -0.4 is 0 Å². The zero-order valence-corrected chi connectivity index (χ0v) is 17.7. The fraction of sp³-hybridized carbons (Fsp3) is 0.318. The summed E-state index contributed by atoms with van der Waals surface area (Å²) in [6, 6.07) is 9.28. The van der Waals surface area contributed by atoms with Gasteiger partial charge in [0.2, 0.25) is 5.91 Å². The zero-order chi connectivity index (χ0) is 20.4. The smallest absolute Gasteiger partial charge is 0.227 e. The maximum absolute atomic E-state index is 13.2. The number of likely N-dealkylation sites (tertiary alicyclic amines) is 1. The summed E-state index contributed by atoms with van der Waals surface area (Å²) in [7, 11) is 1.92. The van der Waals surface area contributed by atoms with E-state index < -0.39 is 0 Å². The molecule has 3 aromatic rings. The van der Waals surface area contributed by atoms with Gasteiger partial charge in [-0.25, -0.2) is 0 Å². The summed E-state index contributed by atoms with van der Waals surface area (Å²) in [5.74, 6) is 0.0828. The Morgan fingerprint density at radius 3 is 2.69 bits per heavy atom. The highest BCUT2D eigenvalue weighted by molar-refractivity contribution is 6.42. The van der Waals surface area contributed by atoms with E-state index in [-0.39, 0.29) is 11.9 Å². The molecule has 5 nitrogen and oxygen atoms in total. The Morgan fingerprint density at radius 2 is 1.93 bits per heavy atom. The third kappa shape index (κ3) is 4.31. The second kappa shape index (κ2) is 8.56. The van der Waals surface area contributed by atoms with Crippen LogP contribution in [0.4, 0.5) is 0 Å². The van der Waals surface area contributed by atoms with Crippen molar-refractivity contribution in [2.75, 3.05) is 6.54 Å². The van der Waals surface area contributed by atoms with Crippen molar-refractivity contribution in [3.8, 4) is 11.1 Å². The Bertz CT molecular complexity index is 1020. The minimum atomic E-state index is -0.0385. The van der Waals surface area contributed by atoms with Gasteiger partial charge < -0.3 is 4.90 Å². The van der Waals surface area contributed by atoms with Crippen LogP contribution in [0.15, 0.2) is 48.9 Å². The summed E-state index contributed by atoms with van der Waals surface area (Å²) in [6.07, 6.45) is 8.85. The lowest BCUT2D eigenvalue weighted by molar-refractivity contribution is -0.134. The fourth-order valence-corrected chi connectivity index (χ4v) is 4.27. The molecule has 4 rings (SSSR count). The molecule has 1 unspecified atom stereocenters. The van der Waals surface area contributed by atoms with E-state index in [0.717, 1.165) is 48.2 Å². The van der Waals surface area contributed by atoms with E-state index in [0.29, 0.717) is 16.5 Å². The summed E-state index contributed by atoms with van der Waals surface area (Å²) in [5, 5.41) is 5.70. The second-order valence-electron chi connectivity index (χ2n) is 7.36. The molecule has 0 N–H and O–H groups in total. The maximum atomic E-state index is 13.2. The molecular formula is C22H22Cl2N4O. The lowest BCUT2D eigenvalue weighted by Crippen LogP contribution is -2.39. The number of hydrogen-bond acceptors (Lipinski definition) is 3. The Morgan fingerprint density at radius 1 is 1.14 bits per heavy atom. The molecular weight excluding hydrogens is 407 g/mol. The molecule has 0 aliphatic carbocycles. The first-order valence-electron chi connectivity index (χ1n) is 9.70.